The Hall–Kier alpha value is -3.82. The minimum absolute atomic E-state index is 0.00597. The summed E-state index contributed by atoms with van der Waals surface area (Å²) >= 11 is 0. The first-order chi connectivity index (χ1) is 16.3. The van der Waals surface area contributed by atoms with Crippen LogP contribution in [0.3, 0.4) is 0 Å². The number of amides is 1. The maximum absolute atomic E-state index is 13.7. The molecule has 0 N–H and O–H groups in total. The third kappa shape index (κ3) is 3.59. The van der Waals surface area contributed by atoms with E-state index in [1.165, 1.54) is 12.0 Å². The lowest BCUT2D eigenvalue weighted by atomic mass is 10.0. The maximum atomic E-state index is 13.7. The van der Waals surface area contributed by atoms with E-state index in [0.717, 1.165) is 23.1 Å². The minimum Gasteiger partial charge on any atom is -0.497 e. The van der Waals surface area contributed by atoms with Crippen molar-refractivity contribution in [3.63, 3.8) is 0 Å². The zero-order valence-electron chi connectivity index (χ0n) is 18.1. The number of nitrogens with zero attached hydrogens (tertiary/aromatic N) is 3. The highest BCUT2D eigenvalue weighted by Crippen LogP contribution is 2.49. The number of halogens is 3. The number of hydrogen-bond acceptors (Lipinski definition) is 5. The van der Waals surface area contributed by atoms with E-state index in [4.69, 9.17) is 9.47 Å². The van der Waals surface area contributed by atoms with Crippen LogP contribution in [-0.2, 0) is 27.7 Å². The Morgan fingerprint density at radius 3 is 2.24 bits per heavy atom. The summed E-state index contributed by atoms with van der Waals surface area (Å²) in [4.78, 5) is 25.7. The molecule has 1 fully saturated rings. The Labute approximate surface area is 192 Å². The van der Waals surface area contributed by atoms with Crippen molar-refractivity contribution in [1.29, 1.82) is 0 Å². The van der Waals surface area contributed by atoms with Gasteiger partial charge in [-0.25, -0.2) is 4.68 Å². The first-order valence-corrected chi connectivity index (χ1v) is 10.6. The number of carbonyl (C=O) groups is 2. The average molecular weight is 471 g/mol. The molecule has 1 aliphatic heterocycles. The van der Waals surface area contributed by atoms with Crippen LogP contribution < -0.4 is 9.64 Å². The monoisotopic (exact) mass is 471 g/mol. The van der Waals surface area contributed by atoms with E-state index in [1.54, 1.807) is 48.5 Å². The van der Waals surface area contributed by atoms with Crippen molar-refractivity contribution in [3.05, 3.63) is 71.0 Å². The molecule has 0 saturated heterocycles. The van der Waals surface area contributed by atoms with E-state index in [9.17, 15) is 22.8 Å². The van der Waals surface area contributed by atoms with Gasteiger partial charge in [-0.05, 0) is 61.2 Å². The molecule has 0 bridgehead atoms. The fourth-order valence-corrected chi connectivity index (χ4v) is 4.37. The molecule has 5 rings (SSSR count). The van der Waals surface area contributed by atoms with Crippen molar-refractivity contribution in [2.45, 2.75) is 31.0 Å². The number of carbonyl (C=O) groups excluding carboxylic acids is 2. The van der Waals surface area contributed by atoms with Gasteiger partial charge >= 0.3 is 6.18 Å². The number of ether oxygens (including phenoxy) is 2. The van der Waals surface area contributed by atoms with Gasteiger partial charge in [0.25, 0.3) is 12.4 Å². The zero-order valence-corrected chi connectivity index (χ0v) is 18.1. The summed E-state index contributed by atoms with van der Waals surface area (Å²) in [6, 6.07) is 13.3. The second-order valence-electron chi connectivity index (χ2n) is 8.25. The molecule has 1 amide bonds. The molecule has 34 heavy (non-hydrogen) atoms. The molecule has 2 heterocycles. The predicted octanol–water partition coefficient (Wildman–Crippen LogP) is 4.26. The Balaban J connectivity index is 1.53. The summed E-state index contributed by atoms with van der Waals surface area (Å²) in [7, 11) is 1.48. The van der Waals surface area contributed by atoms with Crippen LogP contribution in [0.25, 0.3) is 5.69 Å². The Kier molecular flexibility index (Phi) is 5.11. The minimum atomic E-state index is -4.69. The van der Waals surface area contributed by atoms with Crippen LogP contribution in [0.2, 0.25) is 0 Å². The summed E-state index contributed by atoms with van der Waals surface area (Å²) in [5.74, 6) is -0.0426. The lowest BCUT2D eigenvalue weighted by molar-refractivity contribution is -0.142. The van der Waals surface area contributed by atoms with Crippen LogP contribution in [0.4, 0.5) is 18.9 Å². The topological polar surface area (TPSA) is 73.7 Å². The first kappa shape index (κ1) is 22.0. The van der Waals surface area contributed by atoms with Crippen LogP contribution >= 0.6 is 0 Å². The summed E-state index contributed by atoms with van der Waals surface area (Å²) in [5, 5.41) is 3.80. The number of methoxy groups -OCH3 is 1. The number of benzene rings is 2. The highest BCUT2D eigenvalue weighted by Gasteiger charge is 2.47. The molecule has 2 aliphatic rings. The second-order valence-corrected chi connectivity index (χ2v) is 8.25. The lowest BCUT2D eigenvalue weighted by Crippen LogP contribution is -2.39. The fraction of sp³-hybridized carbons (Fsp3) is 0.292. The van der Waals surface area contributed by atoms with Gasteiger partial charge in [0.15, 0.2) is 5.69 Å². The van der Waals surface area contributed by atoms with Gasteiger partial charge in [-0.1, -0.05) is 12.1 Å². The summed E-state index contributed by atoms with van der Waals surface area (Å²) in [5.41, 5.74) is -0.224. The van der Waals surface area contributed by atoms with Gasteiger partial charge in [-0.3, -0.25) is 9.59 Å². The zero-order chi connectivity index (χ0) is 24.1. The van der Waals surface area contributed by atoms with E-state index < -0.39 is 23.4 Å². The number of fused-ring (bicyclic) bond motifs is 1. The van der Waals surface area contributed by atoms with Gasteiger partial charge in [-0.15, -0.1) is 0 Å². The van der Waals surface area contributed by atoms with Gasteiger partial charge in [-0.2, -0.15) is 18.3 Å². The Morgan fingerprint density at radius 2 is 1.68 bits per heavy atom. The van der Waals surface area contributed by atoms with Crippen molar-refractivity contribution in [2.24, 2.45) is 0 Å². The standard InChI is InChI=1S/C24H20F3N3O4/c1-33-18-8-6-17(7-9-18)30-20-19(21(28-30)24(25,26)27)10-13-29(22(20)32)16-4-2-15(3-5-16)23(11-12-23)34-14-31/h2-9,14H,10-13H2,1H3. The molecule has 7 nitrogen and oxygen atoms in total. The molecule has 1 saturated carbocycles. The van der Waals surface area contributed by atoms with Crippen molar-refractivity contribution in [3.8, 4) is 11.4 Å². The third-order valence-corrected chi connectivity index (χ3v) is 6.29. The molecule has 0 unspecified atom stereocenters. The van der Waals surface area contributed by atoms with Crippen molar-refractivity contribution < 1.29 is 32.2 Å². The van der Waals surface area contributed by atoms with Crippen molar-refractivity contribution >= 4 is 18.1 Å². The van der Waals surface area contributed by atoms with Gasteiger partial charge in [0.2, 0.25) is 0 Å². The summed E-state index contributed by atoms with van der Waals surface area (Å²) in [6.45, 7) is 0.508. The highest BCUT2D eigenvalue weighted by atomic mass is 19.4. The van der Waals surface area contributed by atoms with E-state index in [-0.39, 0.29) is 24.2 Å². The third-order valence-electron chi connectivity index (χ3n) is 6.29. The first-order valence-electron chi connectivity index (χ1n) is 10.6. The molecule has 0 spiro atoms. The van der Waals surface area contributed by atoms with Crippen LogP contribution in [0.1, 0.15) is 40.2 Å². The smallest absolute Gasteiger partial charge is 0.435 e. The number of rotatable bonds is 6. The Morgan fingerprint density at radius 1 is 1.03 bits per heavy atom. The fourth-order valence-electron chi connectivity index (χ4n) is 4.37. The predicted molar refractivity (Wildman–Crippen MR) is 115 cm³/mol. The van der Waals surface area contributed by atoms with Crippen LogP contribution in [-0.4, -0.2) is 35.8 Å². The number of anilines is 1. The van der Waals surface area contributed by atoms with Crippen molar-refractivity contribution in [2.75, 3.05) is 18.6 Å². The van der Waals surface area contributed by atoms with E-state index in [0.29, 0.717) is 23.6 Å². The SMILES string of the molecule is COc1ccc(-n2nc(C(F)(F)F)c3c2C(=O)N(c2ccc(C4(OC=O)CC4)cc2)CC3)cc1. The molecule has 176 valence electrons. The van der Waals surface area contributed by atoms with Crippen LogP contribution in [0.15, 0.2) is 48.5 Å². The van der Waals surface area contributed by atoms with Gasteiger partial charge in [0, 0.05) is 17.8 Å². The quantitative estimate of drug-likeness (QED) is 0.503. The number of aromatic nitrogens is 2. The molecule has 2 aromatic carbocycles. The van der Waals surface area contributed by atoms with Gasteiger partial charge in [0.05, 0.1) is 12.8 Å². The Bertz CT molecular complexity index is 1250. The summed E-state index contributed by atoms with van der Waals surface area (Å²) in [6.07, 6.45) is -3.24. The average Bonchev–Trinajstić information content (AvgIpc) is 3.49. The molecule has 1 aromatic heterocycles. The van der Waals surface area contributed by atoms with E-state index in [1.807, 2.05) is 0 Å². The molecule has 0 radical (unpaired) electrons. The van der Waals surface area contributed by atoms with E-state index >= 15 is 0 Å². The van der Waals surface area contributed by atoms with E-state index in [2.05, 4.69) is 5.10 Å². The van der Waals surface area contributed by atoms with Crippen LogP contribution in [0.5, 0.6) is 5.75 Å². The molecule has 10 heteroatoms. The largest absolute Gasteiger partial charge is 0.497 e. The normalized spacial score (nSPS) is 16.7. The number of hydrogen-bond donors (Lipinski definition) is 0. The molecule has 1 aliphatic carbocycles. The summed E-state index contributed by atoms with van der Waals surface area (Å²) < 4.78 is 52.6. The highest BCUT2D eigenvalue weighted by molar-refractivity contribution is 6.07. The number of alkyl halides is 3. The van der Waals surface area contributed by atoms with Crippen LogP contribution in [0, 0.1) is 0 Å². The van der Waals surface area contributed by atoms with Gasteiger partial charge < -0.3 is 14.4 Å². The van der Waals surface area contributed by atoms with Gasteiger partial charge in [0.1, 0.15) is 17.0 Å². The lowest BCUT2D eigenvalue weighted by Gasteiger charge is -2.28. The van der Waals surface area contributed by atoms with Crippen molar-refractivity contribution in [1.82, 2.24) is 9.78 Å². The maximum Gasteiger partial charge on any atom is 0.435 e. The molecule has 3 aromatic rings. The molecular formula is C24H20F3N3O4. The molecular weight excluding hydrogens is 451 g/mol. The molecule has 0 atom stereocenters. The second kappa shape index (κ2) is 7.89.